The number of aromatic nitrogens is 3. The third-order valence-corrected chi connectivity index (χ3v) is 4.51. The molecule has 0 radical (unpaired) electrons. The second-order valence-corrected chi connectivity index (χ2v) is 6.30. The molecule has 0 saturated heterocycles. The molecule has 6 nitrogen and oxygen atoms in total. The van der Waals surface area contributed by atoms with Crippen LogP contribution in [0.15, 0.2) is 36.5 Å². The maximum Gasteiger partial charge on any atom is 0.232 e. The molecule has 1 aliphatic carbocycles. The molecule has 1 saturated carbocycles. The van der Waals surface area contributed by atoms with Crippen LogP contribution in [0.3, 0.4) is 0 Å². The number of phenolic OH excluding ortho intramolecular Hbond substituents is 1. The van der Waals surface area contributed by atoms with Crippen LogP contribution in [-0.4, -0.2) is 37.0 Å². The smallest absolute Gasteiger partial charge is 0.232 e. The van der Waals surface area contributed by atoms with E-state index >= 15 is 0 Å². The van der Waals surface area contributed by atoms with Gasteiger partial charge in [-0.25, -0.2) is 13.9 Å². The van der Waals surface area contributed by atoms with E-state index in [-0.39, 0.29) is 12.2 Å². The quantitative estimate of drug-likeness (QED) is 0.764. The van der Waals surface area contributed by atoms with E-state index in [2.05, 4.69) is 10.1 Å². The fourth-order valence-corrected chi connectivity index (χ4v) is 3.12. The monoisotopic (exact) mass is 343 g/mol. The Morgan fingerprint density at radius 2 is 1.92 bits per heavy atom. The highest BCUT2D eigenvalue weighted by molar-refractivity contribution is 5.64. The van der Waals surface area contributed by atoms with Gasteiger partial charge in [0.05, 0.1) is 18.0 Å². The van der Waals surface area contributed by atoms with Gasteiger partial charge in [-0.15, -0.1) is 5.10 Å². The molecule has 0 aliphatic heterocycles. The van der Waals surface area contributed by atoms with Gasteiger partial charge in [-0.2, -0.15) is 0 Å². The van der Waals surface area contributed by atoms with Crippen LogP contribution < -0.4 is 4.74 Å². The van der Waals surface area contributed by atoms with Gasteiger partial charge in [0.15, 0.2) is 17.2 Å². The molecule has 25 heavy (non-hydrogen) atoms. The molecule has 130 valence electrons. The van der Waals surface area contributed by atoms with Gasteiger partial charge in [0.1, 0.15) is 6.10 Å². The van der Waals surface area contributed by atoms with Crippen molar-refractivity contribution in [2.24, 2.45) is 0 Å². The molecule has 1 aliphatic rings. The lowest BCUT2D eigenvalue weighted by Gasteiger charge is -2.25. The molecular weight excluding hydrogens is 325 g/mol. The van der Waals surface area contributed by atoms with Gasteiger partial charge in [0, 0.05) is 11.6 Å². The Morgan fingerprint density at radius 3 is 2.68 bits per heavy atom. The molecule has 4 rings (SSSR count). The number of phenols is 1. The van der Waals surface area contributed by atoms with Crippen molar-refractivity contribution in [3.63, 3.8) is 0 Å². The van der Waals surface area contributed by atoms with E-state index in [1.165, 1.54) is 12.1 Å². The molecule has 2 N–H and O–H groups in total. The Kier molecular flexibility index (Phi) is 4.01. The second kappa shape index (κ2) is 6.33. The van der Waals surface area contributed by atoms with Crippen LogP contribution in [0.4, 0.5) is 4.39 Å². The zero-order chi connectivity index (χ0) is 17.4. The van der Waals surface area contributed by atoms with Crippen LogP contribution in [0.2, 0.25) is 0 Å². The number of imidazole rings is 1. The number of hydrogen-bond acceptors (Lipinski definition) is 5. The van der Waals surface area contributed by atoms with Crippen LogP contribution in [0, 0.1) is 5.82 Å². The zero-order valence-corrected chi connectivity index (χ0v) is 13.5. The van der Waals surface area contributed by atoms with Crippen LogP contribution in [-0.2, 0) is 0 Å². The van der Waals surface area contributed by atoms with Crippen LogP contribution >= 0.6 is 0 Å². The predicted molar refractivity (Wildman–Crippen MR) is 88.9 cm³/mol. The Hall–Kier alpha value is -2.67. The Bertz CT molecular complexity index is 904. The standard InChI is InChI=1S/C18H18FN3O3/c19-14-9-11(1-6-16(14)24)15-10-20-17-7-8-18(21-22(15)17)25-13-4-2-12(23)3-5-13/h1,6-10,12-13,23-24H,2-5H2/t12-,13-. The number of aromatic hydroxyl groups is 1. The average Bonchev–Trinajstić information content (AvgIpc) is 3.03. The third-order valence-electron chi connectivity index (χ3n) is 4.51. The number of fused-ring (bicyclic) bond motifs is 1. The van der Waals surface area contributed by atoms with E-state index in [1.807, 2.05) is 0 Å². The lowest BCUT2D eigenvalue weighted by atomic mass is 9.95. The molecule has 1 fully saturated rings. The van der Waals surface area contributed by atoms with Crippen molar-refractivity contribution in [2.75, 3.05) is 0 Å². The molecule has 1 aromatic carbocycles. The van der Waals surface area contributed by atoms with Crippen molar-refractivity contribution in [1.29, 1.82) is 0 Å². The molecule has 7 heteroatoms. The zero-order valence-electron chi connectivity index (χ0n) is 13.5. The highest BCUT2D eigenvalue weighted by Gasteiger charge is 2.21. The summed E-state index contributed by atoms with van der Waals surface area (Å²) in [5.74, 6) is -0.623. The number of aliphatic hydroxyl groups is 1. The van der Waals surface area contributed by atoms with Gasteiger partial charge < -0.3 is 14.9 Å². The summed E-state index contributed by atoms with van der Waals surface area (Å²) in [6.45, 7) is 0. The largest absolute Gasteiger partial charge is 0.505 e. The molecule has 0 spiro atoms. The number of nitrogens with zero attached hydrogens (tertiary/aromatic N) is 3. The lowest BCUT2D eigenvalue weighted by molar-refractivity contribution is 0.0637. The van der Waals surface area contributed by atoms with Gasteiger partial charge in [0.25, 0.3) is 0 Å². The van der Waals surface area contributed by atoms with Crippen LogP contribution in [0.25, 0.3) is 16.9 Å². The van der Waals surface area contributed by atoms with E-state index in [4.69, 9.17) is 4.74 Å². The highest BCUT2D eigenvalue weighted by Crippen LogP contribution is 2.27. The highest BCUT2D eigenvalue weighted by atomic mass is 19.1. The summed E-state index contributed by atoms with van der Waals surface area (Å²) >= 11 is 0. The first-order chi connectivity index (χ1) is 12.1. The van der Waals surface area contributed by atoms with Crippen molar-refractivity contribution in [3.05, 3.63) is 42.3 Å². The number of hydrogen-bond donors (Lipinski definition) is 2. The van der Waals surface area contributed by atoms with Crippen molar-refractivity contribution in [2.45, 2.75) is 37.9 Å². The Balaban J connectivity index is 1.64. The Morgan fingerprint density at radius 1 is 1.12 bits per heavy atom. The number of aliphatic hydroxyl groups excluding tert-OH is 1. The summed E-state index contributed by atoms with van der Waals surface area (Å²) in [5, 5.41) is 23.4. The number of halogens is 1. The minimum atomic E-state index is -0.694. The van der Waals surface area contributed by atoms with Gasteiger partial charge in [0.2, 0.25) is 5.88 Å². The first kappa shape index (κ1) is 15.8. The molecule has 2 aromatic heterocycles. The van der Waals surface area contributed by atoms with Crippen LogP contribution in [0.1, 0.15) is 25.7 Å². The van der Waals surface area contributed by atoms with Crippen LogP contribution in [0.5, 0.6) is 11.6 Å². The minimum absolute atomic E-state index is 0.0337. The topological polar surface area (TPSA) is 79.9 Å². The van der Waals surface area contributed by atoms with E-state index < -0.39 is 11.6 Å². The summed E-state index contributed by atoms with van der Waals surface area (Å²) in [6.07, 6.45) is 4.45. The summed E-state index contributed by atoms with van der Waals surface area (Å²) in [6, 6.07) is 7.71. The molecule has 0 amide bonds. The van der Waals surface area contributed by atoms with Gasteiger partial charge in [-0.3, -0.25) is 0 Å². The van der Waals surface area contributed by atoms with Crippen molar-refractivity contribution in [3.8, 4) is 22.9 Å². The van der Waals surface area contributed by atoms with E-state index in [1.54, 1.807) is 28.9 Å². The first-order valence-corrected chi connectivity index (χ1v) is 8.28. The van der Waals surface area contributed by atoms with Crippen molar-refractivity contribution >= 4 is 5.65 Å². The molecule has 0 unspecified atom stereocenters. The predicted octanol–water partition coefficient (Wildman–Crippen LogP) is 2.92. The maximum absolute atomic E-state index is 13.6. The van der Waals surface area contributed by atoms with E-state index in [0.29, 0.717) is 22.8 Å². The summed E-state index contributed by atoms with van der Waals surface area (Å²) < 4.78 is 21.2. The summed E-state index contributed by atoms with van der Waals surface area (Å²) in [7, 11) is 0. The van der Waals surface area contributed by atoms with Gasteiger partial charge in [-0.05, 0) is 49.9 Å². The SMILES string of the molecule is Oc1ccc(-c2cnc3ccc(O[C@H]4CC[C@H](O)CC4)nn23)cc1F. The van der Waals surface area contributed by atoms with E-state index in [0.717, 1.165) is 25.7 Å². The molecular formula is C18H18FN3O3. The fourth-order valence-electron chi connectivity index (χ4n) is 3.12. The van der Waals surface area contributed by atoms with Crippen molar-refractivity contribution < 1.29 is 19.3 Å². The second-order valence-electron chi connectivity index (χ2n) is 6.30. The minimum Gasteiger partial charge on any atom is -0.505 e. The summed E-state index contributed by atoms with van der Waals surface area (Å²) in [4.78, 5) is 4.27. The van der Waals surface area contributed by atoms with Crippen molar-refractivity contribution in [1.82, 2.24) is 14.6 Å². The van der Waals surface area contributed by atoms with Gasteiger partial charge in [-0.1, -0.05) is 0 Å². The van der Waals surface area contributed by atoms with Gasteiger partial charge >= 0.3 is 0 Å². The molecule has 0 atom stereocenters. The third kappa shape index (κ3) is 3.15. The maximum atomic E-state index is 13.6. The first-order valence-electron chi connectivity index (χ1n) is 8.28. The fraction of sp³-hybridized carbons (Fsp3) is 0.333. The Labute approximate surface area is 143 Å². The normalized spacial score (nSPS) is 20.7. The molecule has 3 aromatic rings. The number of ether oxygens (including phenoxy) is 1. The molecule has 0 bridgehead atoms. The number of benzene rings is 1. The number of rotatable bonds is 3. The lowest BCUT2D eigenvalue weighted by Crippen LogP contribution is -2.26. The molecule has 2 heterocycles. The average molecular weight is 343 g/mol. The van der Waals surface area contributed by atoms with E-state index in [9.17, 15) is 14.6 Å². The summed E-state index contributed by atoms with van der Waals surface area (Å²) in [5.41, 5.74) is 1.79.